The Morgan fingerprint density at radius 1 is 1.28 bits per heavy atom. The zero-order chi connectivity index (χ0) is 13.3. The molecule has 0 saturated carbocycles. The van der Waals surface area contributed by atoms with E-state index in [1.165, 1.54) is 12.1 Å². The lowest BCUT2D eigenvalue weighted by Gasteiger charge is -2.00. The van der Waals surface area contributed by atoms with Gasteiger partial charge in [0.05, 0.1) is 5.56 Å². The van der Waals surface area contributed by atoms with Crippen molar-refractivity contribution < 1.29 is 22.1 Å². The van der Waals surface area contributed by atoms with Crippen LogP contribution in [0.3, 0.4) is 0 Å². The van der Waals surface area contributed by atoms with Crippen LogP contribution in [0, 0.1) is 5.82 Å². The lowest BCUT2D eigenvalue weighted by molar-refractivity contribution is -0.128. The van der Waals surface area contributed by atoms with Gasteiger partial charge in [-0.05, 0) is 18.2 Å². The zero-order valence-corrected chi connectivity index (χ0v) is 8.83. The summed E-state index contributed by atoms with van der Waals surface area (Å²) in [5.74, 6) is -1.60. The number of hydrogen-bond acceptors (Lipinski definition) is 4. The number of nitrogen functional groups attached to an aromatic ring is 1. The molecule has 1 aromatic heterocycles. The van der Waals surface area contributed by atoms with Gasteiger partial charge < -0.3 is 10.3 Å². The average molecular weight is 261 g/mol. The summed E-state index contributed by atoms with van der Waals surface area (Å²) < 4.78 is 54.2. The highest BCUT2D eigenvalue weighted by Crippen LogP contribution is 2.25. The molecular formula is C10H7F4N3O. The van der Waals surface area contributed by atoms with Crippen LogP contribution in [0.1, 0.15) is 5.82 Å². The second-order valence-corrected chi connectivity index (χ2v) is 3.55. The normalized spacial score (nSPS) is 11.8. The number of anilines is 1. The van der Waals surface area contributed by atoms with Crippen LogP contribution in [0.4, 0.5) is 23.2 Å². The topological polar surface area (TPSA) is 64.9 Å². The van der Waals surface area contributed by atoms with E-state index in [9.17, 15) is 17.6 Å². The first-order valence-electron chi connectivity index (χ1n) is 4.80. The number of alkyl halides is 3. The van der Waals surface area contributed by atoms with Crippen molar-refractivity contribution in [3.8, 4) is 11.5 Å². The van der Waals surface area contributed by atoms with Gasteiger partial charge in [0, 0.05) is 5.69 Å². The molecule has 2 N–H and O–H groups in total. The van der Waals surface area contributed by atoms with Crippen molar-refractivity contribution in [3.05, 3.63) is 29.8 Å². The maximum atomic E-state index is 13.5. The smallest absolute Gasteiger partial charge is 0.396 e. The molecule has 0 unspecified atom stereocenters. The fourth-order valence-corrected chi connectivity index (χ4v) is 1.32. The number of aromatic nitrogens is 2. The standard InChI is InChI=1S/C10H7F4N3O/c11-7-3-5(15)1-2-6(7)9-16-8(17-18-9)4-10(12,13)14/h1-3H,4,15H2. The van der Waals surface area contributed by atoms with E-state index in [0.717, 1.165) is 6.07 Å². The zero-order valence-electron chi connectivity index (χ0n) is 8.83. The molecule has 96 valence electrons. The van der Waals surface area contributed by atoms with E-state index in [2.05, 4.69) is 14.7 Å². The van der Waals surface area contributed by atoms with Crippen LogP contribution in [-0.4, -0.2) is 16.3 Å². The molecular weight excluding hydrogens is 254 g/mol. The largest absolute Gasteiger partial charge is 0.399 e. The fourth-order valence-electron chi connectivity index (χ4n) is 1.32. The van der Waals surface area contributed by atoms with Gasteiger partial charge in [0.1, 0.15) is 12.2 Å². The summed E-state index contributed by atoms with van der Waals surface area (Å²) in [6.45, 7) is 0. The molecule has 0 radical (unpaired) electrons. The molecule has 4 nitrogen and oxygen atoms in total. The molecule has 18 heavy (non-hydrogen) atoms. The number of benzene rings is 1. The van der Waals surface area contributed by atoms with E-state index in [0.29, 0.717) is 0 Å². The first-order chi connectivity index (χ1) is 8.35. The second-order valence-electron chi connectivity index (χ2n) is 3.55. The van der Waals surface area contributed by atoms with E-state index in [4.69, 9.17) is 5.73 Å². The molecule has 0 spiro atoms. The molecule has 0 atom stereocenters. The van der Waals surface area contributed by atoms with Crippen LogP contribution in [0.25, 0.3) is 11.5 Å². The molecule has 0 aliphatic heterocycles. The summed E-state index contributed by atoms with van der Waals surface area (Å²) in [5, 5.41) is 3.14. The molecule has 0 fully saturated rings. The van der Waals surface area contributed by atoms with Gasteiger partial charge in [0.25, 0.3) is 5.89 Å². The van der Waals surface area contributed by atoms with Gasteiger partial charge in [-0.3, -0.25) is 0 Å². The molecule has 0 aliphatic carbocycles. The monoisotopic (exact) mass is 261 g/mol. The Kier molecular flexibility index (Phi) is 2.93. The SMILES string of the molecule is Nc1ccc(-c2nc(CC(F)(F)F)no2)c(F)c1. The summed E-state index contributed by atoms with van der Waals surface area (Å²) >= 11 is 0. The summed E-state index contributed by atoms with van der Waals surface area (Å²) in [4.78, 5) is 3.48. The van der Waals surface area contributed by atoms with Gasteiger partial charge in [-0.1, -0.05) is 5.16 Å². The highest BCUT2D eigenvalue weighted by molar-refractivity contribution is 5.58. The molecule has 2 rings (SSSR count). The van der Waals surface area contributed by atoms with Crippen molar-refractivity contribution in [1.29, 1.82) is 0 Å². The summed E-state index contributed by atoms with van der Waals surface area (Å²) in [6, 6.07) is 3.66. The second kappa shape index (κ2) is 4.28. The van der Waals surface area contributed by atoms with E-state index in [1.54, 1.807) is 0 Å². The predicted molar refractivity (Wildman–Crippen MR) is 53.9 cm³/mol. The molecule has 1 heterocycles. The minimum absolute atomic E-state index is 0.0925. The van der Waals surface area contributed by atoms with Crippen molar-refractivity contribution in [2.24, 2.45) is 0 Å². The van der Waals surface area contributed by atoms with Crippen molar-refractivity contribution in [3.63, 3.8) is 0 Å². The molecule has 0 bridgehead atoms. The van der Waals surface area contributed by atoms with Gasteiger partial charge in [0.2, 0.25) is 0 Å². The molecule has 0 amide bonds. The number of nitrogens with zero attached hydrogens (tertiary/aromatic N) is 2. The summed E-state index contributed by atoms with van der Waals surface area (Å²) in [5.41, 5.74) is 5.43. The van der Waals surface area contributed by atoms with Crippen molar-refractivity contribution in [1.82, 2.24) is 10.1 Å². The van der Waals surface area contributed by atoms with Gasteiger partial charge in [-0.2, -0.15) is 18.2 Å². The molecule has 2 aromatic rings. The van der Waals surface area contributed by atoms with Gasteiger partial charge in [-0.15, -0.1) is 0 Å². The molecule has 0 saturated heterocycles. The van der Waals surface area contributed by atoms with E-state index in [1.807, 2.05) is 0 Å². The number of rotatable bonds is 2. The van der Waals surface area contributed by atoms with E-state index >= 15 is 0 Å². The fraction of sp³-hybridized carbons (Fsp3) is 0.200. The first-order valence-corrected chi connectivity index (χ1v) is 4.80. The van der Waals surface area contributed by atoms with Crippen molar-refractivity contribution in [2.45, 2.75) is 12.6 Å². The third kappa shape index (κ3) is 2.76. The molecule has 0 aliphatic rings. The Balaban J connectivity index is 2.29. The highest BCUT2D eigenvalue weighted by Gasteiger charge is 2.30. The third-order valence-electron chi connectivity index (χ3n) is 2.05. The lowest BCUT2D eigenvalue weighted by atomic mass is 10.2. The molecule has 1 aromatic carbocycles. The van der Waals surface area contributed by atoms with Gasteiger partial charge in [-0.25, -0.2) is 4.39 Å². The number of halogens is 4. The van der Waals surface area contributed by atoms with Crippen molar-refractivity contribution >= 4 is 5.69 Å². The van der Waals surface area contributed by atoms with E-state index < -0.39 is 24.2 Å². The Hall–Kier alpha value is -2.12. The predicted octanol–water partition coefficient (Wildman–Crippen LogP) is 2.56. The average Bonchev–Trinajstić information content (AvgIpc) is 2.63. The van der Waals surface area contributed by atoms with Crippen LogP contribution in [0.2, 0.25) is 0 Å². The minimum atomic E-state index is -4.44. The summed E-state index contributed by atoms with van der Waals surface area (Å²) in [7, 11) is 0. The van der Waals surface area contributed by atoms with Gasteiger partial charge >= 0.3 is 6.18 Å². The first kappa shape index (κ1) is 12.3. The lowest BCUT2D eigenvalue weighted by Crippen LogP contribution is -2.12. The Morgan fingerprint density at radius 3 is 2.61 bits per heavy atom. The number of nitrogens with two attached hydrogens (primary N) is 1. The maximum Gasteiger partial charge on any atom is 0.396 e. The third-order valence-corrected chi connectivity index (χ3v) is 2.05. The van der Waals surface area contributed by atoms with E-state index in [-0.39, 0.29) is 17.1 Å². The highest BCUT2D eigenvalue weighted by atomic mass is 19.4. The van der Waals surface area contributed by atoms with Crippen LogP contribution in [0.15, 0.2) is 22.7 Å². The van der Waals surface area contributed by atoms with Gasteiger partial charge in [0.15, 0.2) is 5.82 Å². The Morgan fingerprint density at radius 2 is 2.00 bits per heavy atom. The van der Waals surface area contributed by atoms with Crippen LogP contribution >= 0.6 is 0 Å². The Labute approximate surface area is 98.4 Å². The van der Waals surface area contributed by atoms with Crippen LogP contribution in [-0.2, 0) is 6.42 Å². The maximum absolute atomic E-state index is 13.5. The number of hydrogen-bond donors (Lipinski definition) is 1. The quantitative estimate of drug-likeness (QED) is 0.666. The summed E-state index contributed by atoms with van der Waals surface area (Å²) in [6.07, 6.45) is -5.77. The van der Waals surface area contributed by atoms with Crippen LogP contribution in [0.5, 0.6) is 0 Å². The van der Waals surface area contributed by atoms with Crippen LogP contribution < -0.4 is 5.73 Å². The Bertz CT molecular complexity index is 564. The minimum Gasteiger partial charge on any atom is -0.399 e. The molecule has 8 heteroatoms. The van der Waals surface area contributed by atoms with Crippen molar-refractivity contribution in [2.75, 3.05) is 5.73 Å².